The molecule has 2 aromatic carbocycles. The van der Waals surface area contributed by atoms with Crippen LogP contribution in [-0.2, 0) is 16.4 Å². The number of halogens is 2. The number of sulfonamides is 1. The summed E-state index contributed by atoms with van der Waals surface area (Å²) in [5.74, 6) is 0.976. The van der Waals surface area contributed by atoms with Gasteiger partial charge in [0.25, 0.3) is 0 Å². The summed E-state index contributed by atoms with van der Waals surface area (Å²) in [5.41, 5.74) is 5.05. The number of nitrogens with zero attached hydrogens (tertiary/aromatic N) is 3. The minimum absolute atomic E-state index is 0.490. The highest BCUT2D eigenvalue weighted by molar-refractivity contribution is 8.01. The van der Waals surface area contributed by atoms with Crippen LogP contribution in [0.4, 0.5) is 5.69 Å². The second-order valence-corrected chi connectivity index (χ2v) is 12.9. The van der Waals surface area contributed by atoms with Crippen molar-refractivity contribution in [1.29, 1.82) is 0 Å². The zero-order valence-electron chi connectivity index (χ0n) is 19.4. The zero-order chi connectivity index (χ0) is 25.2. The maximum absolute atomic E-state index is 11.8. The second-order valence-electron chi connectivity index (χ2n) is 8.00. The summed E-state index contributed by atoms with van der Waals surface area (Å²) in [7, 11) is -3.38. The van der Waals surface area contributed by atoms with Crippen LogP contribution in [0.25, 0.3) is 16.4 Å². The van der Waals surface area contributed by atoms with Crippen molar-refractivity contribution in [3.8, 4) is 16.4 Å². The van der Waals surface area contributed by atoms with Gasteiger partial charge in [-0.3, -0.25) is 4.72 Å². The first-order valence-corrected chi connectivity index (χ1v) is 15.3. The number of hydrogen-bond donors (Lipinski definition) is 1. The first-order valence-electron chi connectivity index (χ1n) is 10.8. The fourth-order valence-corrected chi connectivity index (χ4v) is 6.50. The molecule has 6 nitrogen and oxygen atoms in total. The van der Waals surface area contributed by atoms with Crippen LogP contribution >= 0.6 is 46.3 Å². The molecule has 0 atom stereocenters. The Labute approximate surface area is 223 Å². The van der Waals surface area contributed by atoms with Crippen molar-refractivity contribution < 1.29 is 8.42 Å². The molecule has 0 aliphatic carbocycles. The van der Waals surface area contributed by atoms with Crippen molar-refractivity contribution in [3.63, 3.8) is 0 Å². The van der Waals surface area contributed by atoms with Crippen LogP contribution in [0.15, 0.2) is 52.9 Å². The van der Waals surface area contributed by atoms with Crippen LogP contribution in [0.3, 0.4) is 0 Å². The Bertz CT molecular complexity index is 1470. The monoisotopic (exact) mass is 566 g/mol. The number of thiazole rings is 1. The number of para-hydroxylation sites is 1. The molecule has 184 valence electrons. The molecular weight excluding hydrogens is 543 g/mol. The van der Waals surface area contributed by atoms with Crippen molar-refractivity contribution in [2.45, 2.75) is 30.9 Å². The molecule has 0 radical (unpaired) electrons. The standard InChI is InChI=1S/C24H24Cl2N4O2S3/c1-4-11-33-23-22(17-9-10-19(25)20(26)13-17)27-24(34-23)30-14-18(15(2)28-30)12-16-7-5-6-8-21(16)29-35(3,31)32/h5-10,13-14,29H,4,11-12H2,1-3H3. The van der Waals surface area contributed by atoms with Crippen LogP contribution in [0.1, 0.15) is 30.2 Å². The van der Waals surface area contributed by atoms with Crippen LogP contribution in [0.5, 0.6) is 0 Å². The lowest BCUT2D eigenvalue weighted by Gasteiger charge is -2.10. The van der Waals surface area contributed by atoms with Gasteiger partial charge < -0.3 is 0 Å². The maximum Gasteiger partial charge on any atom is 0.229 e. The van der Waals surface area contributed by atoms with Gasteiger partial charge in [-0.05, 0) is 48.4 Å². The zero-order valence-corrected chi connectivity index (χ0v) is 23.3. The van der Waals surface area contributed by atoms with Gasteiger partial charge in [-0.25, -0.2) is 18.1 Å². The molecule has 4 rings (SSSR count). The van der Waals surface area contributed by atoms with Gasteiger partial charge in [-0.1, -0.05) is 65.7 Å². The normalized spacial score (nSPS) is 11.7. The van der Waals surface area contributed by atoms with E-state index in [0.29, 0.717) is 22.2 Å². The molecule has 4 aromatic rings. The average molecular weight is 568 g/mol. The highest BCUT2D eigenvalue weighted by Crippen LogP contribution is 2.39. The molecule has 0 unspecified atom stereocenters. The van der Waals surface area contributed by atoms with E-state index in [2.05, 4.69) is 11.6 Å². The largest absolute Gasteiger partial charge is 0.283 e. The Morgan fingerprint density at radius 1 is 1.11 bits per heavy atom. The van der Waals surface area contributed by atoms with Crippen molar-refractivity contribution >= 4 is 62.0 Å². The molecule has 2 heterocycles. The molecule has 35 heavy (non-hydrogen) atoms. The van der Waals surface area contributed by atoms with E-state index >= 15 is 0 Å². The van der Waals surface area contributed by atoms with Gasteiger partial charge in [-0.15, -0.1) is 11.8 Å². The molecule has 11 heteroatoms. The minimum Gasteiger partial charge on any atom is -0.283 e. The molecular formula is C24H24Cl2N4O2S3. The maximum atomic E-state index is 11.8. The molecule has 0 bridgehead atoms. The SMILES string of the molecule is CCCSc1sc(-n2cc(Cc3ccccc3NS(C)(=O)=O)c(C)n2)nc1-c1ccc(Cl)c(Cl)c1. The van der Waals surface area contributed by atoms with Gasteiger partial charge in [0, 0.05) is 18.2 Å². The van der Waals surface area contributed by atoms with Gasteiger partial charge >= 0.3 is 0 Å². The third-order valence-electron chi connectivity index (χ3n) is 5.11. The Morgan fingerprint density at radius 2 is 1.89 bits per heavy atom. The van der Waals surface area contributed by atoms with Crippen molar-refractivity contribution in [2.24, 2.45) is 0 Å². The lowest BCUT2D eigenvalue weighted by atomic mass is 10.0. The summed E-state index contributed by atoms with van der Waals surface area (Å²) in [4.78, 5) is 4.91. The molecule has 1 N–H and O–H groups in total. The Morgan fingerprint density at radius 3 is 2.60 bits per heavy atom. The van der Waals surface area contributed by atoms with E-state index in [-0.39, 0.29) is 0 Å². The molecule has 0 spiro atoms. The number of anilines is 1. The number of rotatable bonds is 9. The van der Waals surface area contributed by atoms with Gasteiger partial charge in [0.2, 0.25) is 15.2 Å². The van der Waals surface area contributed by atoms with E-state index in [1.54, 1.807) is 39.9 Å². The van der Waals surface area contributed by atoms with E-state index in [0.717, 1.165) is 55.8 Å². The topological polar surface area (TPSA) is 76.9 Å². The lowest BCUT2D eigenvalue weighted by molar-refractivity contribution is 0.606. The molecule has 0 aliphatic rings. The highest BCUT2D eigenvalue weighted by Gasteiger charge is 2.18. The number of aromatic nitrogens is 3. The van der Waals surface area contributed by atoms with Crippen molar-refractivity contribution in [2.75, 3.05) is 16.7 Å². The summed E-state index contributed by atoms with van der Waals surface area (Å²) in [5, 5.41) is 6.46. The van der Waals surface area contributed by atoms with Crippen LogP contribution in [-0.4, -0.2) is 35.2 Å². The molecule has 2 aromatic heterocycles. The second kappa shape index (κ2) is 10.9. The molecule has 0 amide bonds. The van der Waals surface area contributed by atoms with Gasteiger partial charge in [0.1, 0.15) is 0 Å². The molecule has 0 fully saturated rings. The number of hydrogen-bond acceptors (Lipinski definition) is 6. The van der Waals surface area contributed by atoms with E-state index in [4.69, 9.17) is 33.3 Å². The summed E-state index contributed by atoms with van der Waals surface area (Å²) < 4.78 is 29.0. The third-order valence-corrected chi connectivity index (χ3v) is 8.95. The average Bonchev–Trinajstić information content (AvgIpc) is 3.38. The Hall–Kier alpha value is -2.04. The van der Waals surface area contributed by atoms with Crippen LogP contribution in [0, 0.1) is 6.92 Å². The van der Waals surface area contributed by atoms with E-state index < -0.39 is 10.0 Å². The van der Waals surface area contributed by atoms with Crippen LogP contribution in [0.2, 0.25) is 10.0 Å². The Kier molecular flexibility index (Phi) is 8.12. The highest BCUT2D eigenvalue weighted by atomic mass is 35.5. The van der Waals surface area contributed by atoms with Crippen molar-refractivity contribution in [3.05, 3.63) is 75.5 Å². The number of thioether (sulfide) groups is 1. The summed E-state index contributed by atoms with van der Waals surface area (Å²) >= 11 is 15.7. The lowest BCUT2D eigenvalue weighted by Crippen LogP contribution is -2.11. The van der Waals surface area contributed by atoms with E-state index in [1.165, 1.54) is 0 Å². The third kappa shape index (κ3) is 6.40. The van der Waals surface area contributed by atoms with E-state index in [1.807, 2.05) is 43.5 Å². The van der Waals surface area contributed by atoms with Crippen LogP contribution < -0.4 is 4.72 Å². The predicted octanol–water partition coefficient (Wildman–Crippen LogP) is 7.08. The summed E-state index contributed by atoms with van der Waals surface area (Å²) in [6, 6.07) is 12.9. The van der Waals surface area contributed by atoms with Gasteiger partial charge in [0.05, 0.1) is 37.6 Å². The summed E-state index contributed by atoms with van der Waals surface area (Å²) in [6.07, 6.45) is 4.69. The fourth-order valence-electron chi connectivity index (χ4n) is 3.46. The quantitative estimate of drug-likeness (QED) is 0.219. The number of aryl methyl sites for hydroxylation is 1. The van der Waals surface area contributed by atoms with Gasteiger partial charge in [-0.2, -0.15) is 5.10 Å². The fraction of sp³-hybridized carbons (Fsp3) is 0.250. The molecule has 0 saturated carbocycles. The predicted molar refractivity (Wildman–Crippen MR) is 148 cm³/mol. The summed E-state index contributed by atoms with van der Waals surface area (Å²) in [6.45, 7) is 4.09. The van der Waals surface area contributed by atoms with Gasteiger partial charge in [0.15, 0.2) is 0 Å². The van der Waals surface area contributed by atoms with Crippen molar-refractivity contribution in [1.82, 2.24) is 14.8 Å². The molecule has 0 aliphatic heterocycles. The first kappa shape index (κ1) is 26.0. The number of benzene rings is 2. The Balaban J connectivity index is 1.68. The van der Waals surface area contributed by atoms with E-state index in [9.17, 15) is 8.42 Å². The smallest absolute Gasteiger partial charge is 0.229 e. The first-order chi connectivity index (χ1) is 16.6. The molecule has 0 saturated heterocycles. The minimum atomic E-state index is -3.38. The number of nitrogens with one attached hydrogen (secondary N) is 1.